The number of amidine groups is 1. The highest BCUT2D eigenvalue weighted by Crippen LogP contribution is 2.14. The summed E-state index contributed by atoms with van der Waals surface area (Å²) in [6.07, 6.45) is 0.872. The molecule has 0 rings (SSSR count). The zero-order valence-corrected chi connectivity index (χ0v) is 10.3. The molecule has 6 nitrogen and oxygen atoms in total. The van der Waals surface area contributed by atoms with Crippen LogP contribution in [0.4, 0.5) is 0 Å². The first-order chi connectivity index (χ1) is 7.39. The molecule has 0 saturated carbocycles. The van der Waals surface area contributed by atoms with Crippen LogP contribution in [0.25, 0.3) is 0 Å². The van der Waals surface area contributed by atoms with E-state index in [1.165, 1.54) is 7.11 Å². The quantitative estimate of drug-likeness (QED) is 0.267. The number of nitrogens with one attached hydrogen (secondary N) is 1. The maximum absolute atomic E-state index is 11.8. The average molecular weight is 231 g/mol. The molecule has 0 aromatic rings. The van der Waals surface area contributed by atoms with Crippen LogP contribution in [0.5, 0.6) is 0 Å². The number of carbonyl (C=O) groups is 1. The number of amides is 1. The second kappa shape index (κ2) is 6.32. The molecular weight excluding hydrogens is 210 g/mol. The molecular formula is C10H21N3O3. The van der Waals surface area contributed by atoms with E-state index in [1.807, 2.05) is 6.92 Å². The van der Waals surface area contributed by atoms with E-state index in [1.54, 1.807) is 13.8 Å². The monoisotopic (exact) mass is 231 g/mol. The van der Waals surface area contributed by atoms with E-state index >= 15 is 0 Å². The van der Waals surface area contributed by atoms with Crippen LogP contribution in [-0.2, 0) is 9.53 Å². The van der Waals surface area contributed by atoms with E-state index < -0.39 is 5.60 Å². The van der Waals surface area contributed by atoms with Gasteiger partial charge in [0.2, 0.25) is 0 Å². The van der Waals surface area contributed by atoms with Crippen LogP contribution in [0.15, 0.2) is 5.16 Å². The van der Waals surface area contributed by atoms with Crippen molar-refractivity contribution in [3.8, 4) is 0 Å². The molecule has 0 aliphatic carbocycles. The molecule has 0 bridgehead atoms. The van der Waals surface area contributed by atoms with Crippen molar-refractivity contribution in [1.82, 2.24) is 5.32 Å². The molecule has 4 N–H and O–H groups in total. The summed E-state index contributed by atoms with van der Waals surface area (Å²) in [5.74, 6) is -0.112. The summed E-state index contributed by atoms with van der Waals surface area (Å²) in [6, 6.07) is -0.204. The van der Waals surface area contributed by atoms with Crippen LogP contribution in [0, 0.1) is 0 Å². The number of rotatable bonds is 6. The van der Waals surface area contributed by atoms with Crippen molar-refractivity contribution in [2.45, 2.75) is 45.3 Å². The summed E-state index contributed by atoms with van der Waals surface area (Å²) in [7, 11) is 1.50. The fourth-order valence-corrected chi connectivity index (χ4v) is 1.18. The number of oxime groups is 1. The first-order valence-electron chi connectivity index (χ1n) is 5.22. The maximum Gasteiger partial charge on any atom is 0.252 e. The summed E-state index contributed by atoms with van der Waals surface area (Å²) in [5, 5.41) is 14.0. The highest BCUT2D eigenvalue weighted by molar-refractivity contribution is 5.86. The van der Waals surface area contributed by atoms with Gasteiger partial charge in [-0.2, -0.15) is 0 Å². The number of carbonyl (C=O) groups excluding carboxylic acids is 1. The molecule has 6 heteroatoms. The van der Waals surface area contributed by atoms with Crippen LogP contribution in [0.2, 0.25) is 0 Å². The lowest BCUT2D eigenvalue weighted by atomic mass is 10.0. The Bertz CT molecular complexity index is 262. The molecule has 0 aliphatic heterocycles. The smallest absolute Gasteiger partial charge is 0.252 e. The van der Waals surface area contributed by atoms with Crippen LogP contribution in [0.1, 0.15) is 33.6 Å². The molecule has 0 aromatic carbocycles. The van der Waals surface area contributed by atoms with E-state index in [-0.39, 0.29) is 17.8 Å². The highest BCUT2D eigenvalue weighted by atomic mass is 16.5. The minimum atomic E-state index is -0.834. The minimum absolute atomic E-state index is 0.0865. The van der Waals surface area contributed by atoms with Gasteiger partial charge in [0.15, 0.2) is 0 Å². The van der Waals surface area contributed by atoms with Crippen molar-refractivity contribution >= 4 is 11.7 Å². The zero-order chi connectivity index (χ0) is 12.8. The van der Waals surface area contributed by atoms with Crippen molar-refractivity contribution in [3.05, 3.63) is 0 Å². The molecule has 0 radical (unpaired) electrons. The van der Waals surface area contributed by atoms with Gasteiger partial charge in [0.25, 0.3) is 5.91 Å². The first kappa shape index (κ1) is 14.7. The Hall–Kier alpha value is -1.30. The molecule has 1 amide bonds. The SMILES string of the molecule is CCC(C)(OC)C(=O)NC(C)CC(N)=NO. The summed E-state index contributed by atoms with van der Waals surface area (Å²) in [4.78, 5) is 11.8. The molecule has 2 atom stereocenters. The van der Waals surface area contributed by atoms with Gasteiger partial charge in [0.05, 0.1) is 0 Å². The van der Waals surface area contributed by atoms with E-state index in [4.69, 9.17) is 15.7 Å². The fourth-order valence-electron chi connectivity index (χ4n) is 1.18. The van der Waals surface area contributed by atoms with E-state index in [0.717, 1.165) is 0 Å². The standard InChI is InChI=1S/C10H21N3O3/c1-5-10(3,16-4)9(14)12-7(2)6-8(11)13-15/h7,15H,5-6H2,1-4H3,(H2,11,13)(H,12,14). The number of hydrogen-bond donors (Lipinski definition) is 3. The highest BCUT2D eigenvalue weighted by Gasteiger charge is 2.31. The largest absolute Gasteiger partial charge is 0.409 e. The molecule has 0 spiro atoms. The molecule has 0 heterocycles. The fraction of sp³-hybridized carbons (Fsp3) is 0.800. The van der Waals surface area contributed by atoms with Crippen molar-refractivity contribution in [2.75, 3.05) is 7.11 Å². The van der Waals surface area contributed by atoms with Gasteiger partial charge in [-0.15, -0.1) is 0 Å². The van der Waals surface area contributed by atoms with E-state index in [0.29, 0.717) is 12.8 Å². The predicted octanol–water partition coefficient (Wildman–Crippen LogP) is 0.443. The normalized spacial score (nSPS) is 17.6. The Kier molecular flexibility index (Phi) is 5.81. The topological polar surface area (TPSA) is 96.9 Å². The Morgan fingerprint density at radius 1 is 1.69 bits per heavy atom. The minimum Gasteiger partial charge on any atom is -0.409 e. The predicted molar refractivity (Wildman–Crippen MR) is 61.3 cm³/mol. The first-order valence-corrected chi connectivity index (χ1v) is 5.22. The van der Waals surface area contributed by atoms with Gasteiger partial charge in [-0.05, 0) is 20.3 Å². The Morgan fingerprint density at radius 2 is 2.25 bits per heavy atom. The average Bonchev–Trinajstić information content (AvgIpc) is 2.27. The lowest BCUT2D eigenvalue weighted by Crippen LogP contribution is -2.49. The molecule has 94 valence electrons. The van der Waals surface area contributed by atoms with Crippen LogP contribution < -0.4 is 11.1 Å². The van der Waals surface area contributed by atoms with Crippen LogP contribution >= 0.6 is 0 Å². The van der Waals surface area contributed by atoms with Gasteiger partial charge in [-0.1, -0.05) is 12.1 Å². The van der Waals surface area contributed by atoms with E-state index in [9.17, 15) is 4.79 Å². The van der Waals surface area contributed by atoms with Crippen molar-refractivity contribution in [2.24, 2.45) is 10.9 Å². The van der Waals surface area contributed by atoms with Crippen molar-refractivity contribution < 1.29 is 14.7 Å². The van der Waals surface area contributed by atoms with Gasteiger partial charge < -0.3 is 21.0 Å². The van der Waals surface area contributed by atoms with Crippen LogP contribution in [-0.4, -0.2) is 35.7 Å². The Balaban J connectivity index is 4.34. The molecule has 0 saturated heterocycles. The molecule has 0 aliphatic rings. The number of hydrogen-bond acceptors (Lipinski definition) is 4. The van der Waals surface area contributed by atoms with Gasteiger partial charge in [0.1, 0.15) is 11.4 Å². The number of nitrogens with two attached hydrogens (primary N) is 1. The number of ether oxygens (including phenoxy) is 1. The second-order valence-corrected chi connectivity index (χ2v) is 3.96. The van der Waals surface area contributed by atoms with Gasteiger partial charge in [0, 0.05) is 19.6 Å². The third kappa shape index (κ3) is 4.06. The summed E-state index contributed by atoms with van der Waals surface area (Å²) in [5.41, 5.74) is 4.51. The van der Waals surface area contributed by atoms with Crippen LogP contribution in [0.3, 0.4) is 0 Å². The summed E-state index contributed by atoms with van der Waals surface area (Å²) >= 11 is 0. The van der Waals surface area contributed by atoms with Crippen molar-refractivity contribution in [3.63, 3.8) is 0 Å². The second-order valence-electron chi connectivity index (χ2n) is 3.96. The molecule has 0 aromatic heterocycles. The van der Waals surface area contributed by atoms with E-state index in [2.05, 4.69) is 10.5 Å². The maximum atomic E-state index is 11.8. The van der Waals surface area contributed by atoms with Crippen molar-refractivity contribution in [1.29, 1.82) is 0 Å². The number of nitrogens with zero attached hydrogens (tertiary/aromatic N) is 1. The molecule has 16 heavy (non-hydrogen) atoms. The molecule has 2 unspecified atom stereocenters. The van der Waals surface area contributed by atoms with Gasteiger partial charge >= 0.3 is 0 Å². The third-order valence-corrected chi connectivity index (χ3v) is 2.63. The zero-order valence-electron chi connectivity index (χ0n) is 10.3. The molecule has 0 fully saturated rings. The lowest BCUT2D eigenvalue weighted by Gasteiger charge is -2.27. The number of methoxy groups -OCH3 is 1. The lowest BCUT2D eigenvalue weighted by molar-refractivity contribution is -0.142. The van der Waals surface area contributed by atoms with Gasteiger partial charge in [-0.25, -0.2) is 0 Å². The van der Waals surface area contributed by atoms with Gasteiger partial charge in [-0.3, -0.25) is 4.79 Å². The Labute approximate surface area is 95.8 Å². The summed E-state index contributed by atoms with van der Waals surface area (Å²) in [6.45, 7) is 5.37. The summed E-state index contributed by atoms with van der Waals surface area (Å²) < 4.78 is 5.16. The Morgan fingerprint density at radius 3 is 2.62 bits per heavy atom. The third-order valence-electron chi connectivity index (χ3n) is 2.63.